The minimum absolute atomic E-state index is 0.0133. The standard InChI is InChI=1S/C29H24Cl2FN3O3S/c30-27-10-3-20(15-28(27)31)18-35(17-19-1-4-22(32)5-2-19)39(37,38)24-8-6-23(7-9-24)34-29(36)26-16-25(26)21-11-13-33-14-12-21/h1-15,25-26H,16-18H2,(H,34,36). The van der Waals surface area contributed by atoms with Gasteiger partial charge in [0.05, 0.1) is 14.9 Å². The third kappa shape index (κ3) is 6.47. The quantitative estimate of drug-likeness (QED) is 0.239. The van der Waals surface area contributed by atoms with E-state index in [1.807, 2.05) is 12.1 Å². The van der Waals surface area contributed by atoms with E-state index in [0.717, 1.165) is 12.0 Å². The summed E-state index contributed by atoms with van der Waals surface area (Å²) in [6.45, 7) is 0.0343. The second-order valence-corrected chi connectivity index (χ2v) is 12.1. The summed E-state index contributed by atoms with van der Waals surface area (Å²) in [5, 5.41) is 3.56. The summed E-state index contributed by atoms with van der Waals surface area (Å²) >= 11 is 12.2. The Morgan fingerprint density at radius 1 is 0.897 bits per heavy atom. The van der Waals surface area contributed by atoms with Crippen LogP contribution in [0.15, 0.2) is 96.2 Å². The summed E-state index contributed by atoms with van der Waals surface area (Å²) in [6.07, 6.45) is 4.18. The average Bonchev–Trinajstić information content (AvgIpc) is 3.74. The minimum Gasteiger partial charge on any atom is -0.326 e. The number of halogens is 3. The first-order valence-corrected chi connectivity index (χ1v) is 14.4. The molecule has 1 saturated carbocycles. The van der Waals surface area contributed by atoms with Gasteiger partial charge in [-0.1, -0.05) is 41.4 Å². The molecule has 0 spiro atoms. The SMILES string of the molecule is O=C(Nc1ccc(S(=O)(=O)N(Cc2ccc(F)cc2)Cc2ccc(Cl)c(Cl)c2)cc1)C1CC1c1ccncc1. The fourth-order valence-corrected chi connectivity index (χ4v) is 6.16. The number of sulfonamides is 1. The molecule has 0 saturated heterocycles. The number of pyridine rings is 1. The fraction of sp³-hybridized carbons (Fsp3) is 0.172. The largest absolute Gasteiger partial charge is 0.326 e. The van der Waals surface area contributed by atoms with Crippen molar-refractivity contribution in [3.05, 3.63) is 124 Å². The second-order valence-electron chi connectivity index (χ2n) is 9.39. The Balaban J connectivity index is 1.33. The molecular formula is C29H24Cl2FN3O3S. The van der Waals surface area contributed by atoms with Crippen LogP contribution in [0, 0.1) is 11.7 Å². The Hall–Kier alpha value is -3.30. The van der Waals surface area contributed by atoms with Crippen LogP contribution in [0.25, 0.3) is 0 Å². The van der Waals surface area contributed by atoms with Gasteiger partial charge < -0.3 is 5.32 Å². The van der Waals surface area contributed by atoms with Crippen molar-refractivity contribution in [3.63, 3.8) is 0 Å². The molecule has 10 heteroatoms. The lowest BCUT2D eigenvalue weighted by atomic mass is 10.1. The molecule has 0 radical (unpaired) electrons. The Morgan fingerprint density at radius 2 is 1.54 bits per heavy atom. The summed E-state index contributed by atoms with van der Waals surface area (Å²) in [5.74, 6) is -0.485. The number of carbonyl (C=O) groups is 1. The Labute approximate surface area is 236 Å². The van der Waals surface area contributed by atoms with Gasteiger partial charge in [0.1, 0.15) is 5.82 Å². The lowest BCUT2D eigenvalue weighted by molar-refractivity contribution is -0.117. The van der Waals surface area contributed by atoms with Crippen molar-refractivity contribution in [2.75, 3.05) is 5.32 Å². The Kier molecular flexibility index (Phi) is 8.00. The van der Waals surface area contributed by atoms with E-state index in [1.165, 1.54) is 28.6 Å². The van der Waals surface area contributed by atoms with Crippen LogP contribution >= 0.6 is 23.2 Å². The molecule has 1 aliphatic carbocycles. The number of anilines is 1. The summed E-state index contributed by atoms with van der Waals surface area (Å²) < 4.78 is 42.2. The first-order valence-electron chi connectivity index (χ1n) is 12.2. The molecule has 200 valence electrons. The molecule has 6 nitrogen and oxygen atoms in total. The van der Waals surface area contributed by atoms with Crippen molar-refractivity contribution in [3.8, 4) is 0 Å². The molecule has 1 fully saturated rings. The van der Waals surface area contributed by atoms with Crippen molar-refractivity contribution < 1.29 is 17.6 Å². The van der Waals surface area contributed by atoms with Crippen LogP contribution < -0.4 is 5.32 Å². The van der Waals surface area contributed by atoms with E-state index in [4.69, 9.17) is 23.2 Å². The van der Waals surface area contributed by atoms with Gasteiger partial charge in [0.25, 0.3) is 0 Å². The average molecular weight is 585 g/mol. The zero-order valence-corrected chi connectivity index (χ0v) is 22.9. The predicted octanol–water partition coefficient (Wildman–Crippen LogP) is 6.66. The smallest absolute Gasteiger partial charge is 0.243 e. The van der Waals surface area contributed by atoms with Gasteiger partial charge in [-0.05, 0) is 89.7 Å². The van der Waals surface area contributed by atoms with E-state index in [-0.39, 0.29) is 35.7 Å². The number of hydrogen-bond acceptors (Lipinski definition) is 4. The first-order chi connectivity index (χ1) is 18.7. The molecule has 1 aromatic heterocycles. The van der Waals surface area contributed by atoms with Gasteiger partial charge in [0.2, 0.25) is 15.9 Å². The maximum Gasteiger partial charge on any atom is 0.243 e. The molecule has 2 atom stereocenters. The molecule has 1 N–H and O–H groups in total. The van der Waals surface area contributed by atoms with E-state index in [1.54, 1.807) is 54.9 Å². The van der Waals surface area contributed by atoms with E-state index in [9.17, 15) is 17.6 Å². The molecule has 1 heterocycles. The van der Waals surface area contributed by atoms with Crippen LogP contribution in [-0.2, 0) is 27.9 Å². The third-order valence-electron chi connectivity index (χ3n) is 6.64. The monoisotopic (exact) mass is 583 g/mol. The zero-order valence-electron chi connectivity index (χ0n) is 20.6. The van der Waals surface area contributed by atoms with Gasteiger partial charge in [-0.3, -0.25) is 9.78 Å². The summed E-state index contributed by atoms with van der Waals surface area (Å²) in [6, 6.07) is 20.5. The van der Waals surface area contributed by atoms with Gasteiger partial charge in [0, 0.05) is 37.1 Å². The zero-order chi connectivity index (χ0) is 27.6. The molecule has 3 aromatic carbocycles. The number of rotatable bonds is 9. The highest BCUT2D eigenvalue weighted by molar-refractivity contribution is 7.89. The summed E-state index contributed by atoms with van der Waals surface area (Å²) in [7, 11) is -3.98. The maximum absolute atomic E-state index is 13.7. The molecule has 0 aliphatic heterocycles. The minimum atomic E-state index is -3.98. The van der Waals surface area contributed by atoms with Crippen LogP contribution in [0.2, 0.25) is 10.0 Å². The molecular weight excluding hydrogens is 560 g/mol. The lowest BCUT2D eigenvalue weighted by Crippen LogP contribution is -2.30. The third-order valence-corrected chi connectivity index (χ3v) is 9.18. The molecule has 1 aliphatic rings. The van der Waals surface area contributed by atoms with Crippen molar-refractivity contribution >= 4 is 44.8 Å². The van der Waals surface area contributed by atoms with Crippen LogP contribution in [-0.4, -0.2) is 23.6 Å². The molecule has 39 heavy (non-hydrogen) atoms. The number of nitrogens with one attached hydrogen (secondary N) is 1. The van der Waals surface area contributed by atoms with Crippen molar-refractivity contribution in [1.29, 1.82) is 0 Å². The number of aromatic nitrogens is 1. The van der Waals surface area contributed by atoms with Crippen molar-refractivity contribution in [2.24, 2.45) is 5.92 Å². The molecule has 1 amide bonds. The fourth-order valence-electron chi connectivity index (χ4n) is 4.42. The van der Waals surface area contributed by atoms with Gasteiger partial charge in [-0.15, -0.1) is 0 Å². The highest BCUT2D eigenvalue weighted by Crippen LogP contribution is 2.47. The van der Waals surface area contributed by atoms with Crippen molar-refractivity contribution in [2.45, 2.75) is 30.3 Å². The predicted molar refractivity (Wildman–Crippen MR) is 149 cm³/mol. The van der Waals surface area contributed by atoms with Crippen molar-refractivity contribution in [1.82, 2.24) is 9.29 Å². The number of benzene rings is 3. The lowest BCUT2D eigenvalue weighted by Gasteiger charge is -2.23. The first kappa shape index (κ1) is 27.3. The summed E-state index contributed by atoms with van der Waals surface area (Å²) in [5.41, 5.74) is 2.85. The summed E-state index contributed by atoms with van der Waals surface area (Å²) in [4.78, 5) is 16.8. The van der Waals surface area contributed by atoms with E-state index in [2.05, 4.69) is 10.3 Å². The van der Waals surface area contributed by atoms with Gasteiger partial charge in [-0.25, -0.2) is 12.8 Å². The Morgan fingerprint density at radius 3 is 2.21 bits per heavy atom. The highest BCUT2D eigenvalue weighted by atomic mass is 35.5. The normalized spacial score (nSPS) is 16.7. The topological polar surface area (TPSA) is 79.4 Å². The number of nitrogens with zero attached hydrogens (tertiary/aromatic N) is 2. The second kappa shape index (κ2) is 11.4. The van der Waals surface area contributed by atoms with Crippen LogP contribution in [0.4, 0.5) is 10.1 Å². The van der Waals surface area contributed by atoms with Gasteiger partial charge >= 0.3 is 0 Å². The highest BCUT2D eigenvalue weighted by Gasteiger charge is 2.43. The number of carbonyl (C=O) groups excluding carboxylic acids is 1. The van der Waals surface area contributed by atoms with Gasteiger partial charge in [-0.2, -0.15) is 4.31 Å². The van der Waals surface area contributed by atoms with Crippen LogP contribution in [0.5, 0.6) is 0 Å². The van der Waals surface area contributed by atoms with E-state index < -0.39 is 15.8 Å². The van der Waals surface area contributed by atoms with Crippen LogP contribution in [0.1, 0.15) is 29.0 Å². The molecule has 2 unspecified atom stereocenters. The van der Waals surface area contributed by atoms with Gasteiger partial charge in [0.15, 0.2) is 0 Å². The number of hydrogen-bond donors (Lipinski definition) is 1. The number of amides is 1. The Bertz CT molecular complexity index is 1580. The van der Waals surface area contributed by atoms with E-state index in [0.29, 0.717) is 26.9 Å². The maximum atomic E-state index is 13.7. The van der Waals surface area contributed by atoms with E-state index >= 15 is 0 Å². The molecule has 5 rings (SSSR count). The molecule has 0 bridgehead atoms. The van der Waals surface area contributed by atoms with Crippen LogP contribution in [0.3, 0.4) is 0 Å². The molecule has 4 aromatic rings.